The zero-order valence-electron chi connectivity index (χ0n) is 11.3. The highest BCUT2D eigenvalue weighted by molar-refractivity contribution is 5.97. The Hall–Kier alpha value is -1.32. The van der Waals surface area contributed by atoms with Crippen molar-refractivity contribution in [2.75, 3.05) is 0 Å². The predicted molar refractivity (Wildman–Crippen MR) is 69.3 cm³/mol. The van der Waals surface area contributed by atoms with Crippen molar-refractivity contribution in [3.8, 4) is 0 Å². The molecule has 0 bridgehead atoms. The number of aryl methyl sites for hydroxylation is 1. The van der Waals surface area contributed by atoms with E-state index >= 15 is 0 Å². The molecule has 0 aliphatic heterocycles. The number of benzene rings is 1. The van der Waals surface area contributed by atoms with Gasteiger partial charge in [0.2, 0.25) is 0 Å². The van der Waals surface area contributed by atoms with E-state index in [2.05, 4.69) is 6.92 Å². The maximum atomic E-state index is 12.5. The summed E-state index contributed by atoms with van der Waals surface area (Å²) in [5.41, 5.74) is 0.104. The average Bonchev–Trinajstić information content (AvgIpc) is 2.33. The Morgan fingerprint density at radius 2 is 1.84 bits per heavy atom. The molecule has 0 saturated carbocycles. The molecule has 19 heavy (non-hydrogen) atoms. The minimum Gasteiger partial charge on any atom is -0.294 e. The number of Topliss-reactive ketones (excluding diaryl/α,β-unsaturated/α-hetero) is 1. The van der Waals surface area contributed by atoms with Gasteiger partial charge in [0.05, 0.1) is 5.56 Å². The summed E-state index contributed by atoms with van der Waals surface area (Å²) < 4.78 is 37.5. The van der Waals surface area contributed by atoms with Crippen LogP contribution in [0.5, 0.6) is 0 Å². The number of carbonyl (C=O) groups is 1. The molecule has 0 aromatic heterocycles. The Labute approximate surface area is 111 Å². The van der Waals surface area contributed by atoms with Gasteiger partial charge in [-0.3, -0.25) is 4.79 Å². The average molecular weight is 272 g/mol. The Morgan fingerprint density at radius 3 is 2.37 bits per heavy atom. The Kier molecular flexibility index (Phi) is 5.58. The van der Waals surface area contributed by atoms with Crippen LogP contribution in [0.1, 0.15) is 60.5 Å². The molecular weight excluding hydrogens is 253 g/mol. The van der Waals surface area contributed by atoms with Crippen molar-refractivity contribution in [3.05, 3.63) is 34.9 Å². The Balaban J connectivity index is 2.71. The number of hydrogen-bond donors (Lipinski definition) is 0. The molecule has 0 spiro atoms. The second kappa shape index (κ2) is 6.73. The summed E-state index contributed by atoms with van der Waals surface area (Å²) in [6.45, 7) is 3.64. The molecule has 0 fully saturated rings. The van der Waals surface area contributed by atoms with Crippen LogP contribution in [0.3, 0.4) is 0 Å². The second-order valence-corrected chi connectivity index (χ2v) is 4.76. The maximum absolute atomic E-state index is 12.5. The fraction of sp³-hybridized carbons (Fsp3) is 0.533. The van der Waals surface area contributed by atoms with E-state index < -0.39 is 11.7 Å². The first kappa shape index (κ1) is 15.7. The highest BCUT2D eigenvalue weighted by Crippen LogP contribution is 2.30. The minimum atomic E-state index is -4.35. The third-order valence-electron chi connectivity index (χ3n) is 3.11. The van der Waals surface area contributed by atoms with Crippen LogP contribution in [-0.4, -0.2) is 5.78 Å². The van der Waals surface area contributed by atoms with Gasteiger partial charge in [-0.2, -0.15) is 13.2 Å². The lowest BCUT2D eigenvalue weighted by Crippen LogP contribution is -2.08. The number of unbranched alkanes of at least 4 members (excludes halogenated alkanes) is 3. The van der Waals surface area contributed by atoms with Crippen LogP contribution in [0.4, 0.5) is 13.2 Å². The Bertz CT molecular complexity index is 436. The van der Waals surface area contributed by atoms with E-state index in [-0.39, 0.29) is 5.78 Å². The monoisotopic (exact) mass is 272 g/mol. The van der Waals surface area contributed by atoms with Gasteiger partial charge in [-0.15, -0.1) is 0 Å². The van der Waals surface area contributed by atoms with Gasteiger partial charge in [0.25, 0.3) is 0 Å². The molecule has 0 N–H and O–H groups in total. The summed E-state index contributed by atoms with van der Waals surface area (Å²) in [4.78, 5) is 11.9. The maximum Gasteiger partial charge on any atom is 0.416 e. The number of carbonyl (C=O) groups excluding carboxylic acids is 1. The van der Waals surface area contributed by atoms with E-state index in [1.807, 2.05) is 0 Å². The molecule has 1 nitrogen and oxygen atoms in total. The molecule has 0 unspecified atom stereocenters. The molecule has 0 radical (unpaired) electrons. The third-order valence-corrected chi connectivity index (χ3v) is 3.11. The molecule has 0 amide bonds. The molecule has 0 heterocycles. The van der Waals surface area contributed by atoms with Crippen molar-refractivity contribution in [2.45, 2.75) is 52.1 Å². The molecule has 106 valence electrons. The summed E-state index contributed by atoms with van der Waals surface area (Å²) in [6, 6.07) is 3.31. The van der Waals surface area contributed by atoms with E-state index in [4.69, 9.17) is 0 Å². The van der Waals surface area contributed by atoms with Crippen molar-refractivity contribution in [1.29, 1.82) is 0 Å². The SMILES string of the molecule is CCCCCCC(=O)c1ccc(C(F)(F)F)cc1C. The Morgan fingerprint density at radius 1 is 1.16 bits per heavy atom. The summed E-state index contributed by atoms with van der Waals surface area (Å²) in [5, 5.41) is 0. The normalized spacial score (nSPS) is 11.6. The number of rotatable bonds is 6. The fourth-order valence-corrected chi connectivity index (χ4v) is 2.00. The van der Waals surface area contributed by atoms with Crippen LogP contribution in [0.15, 0.2) is 18.2 Å². The third kappa shape index (κ3) is 4.69. The highest BCUT2D eigenvalue weighted by atomic mass is 19.4. The summed E-state index contributed by atoms with van der Waals surface area (Å²) in [7, 11) is 0. The molecular formula is C15H19F3O. The predicted octanol–water partition coefficient (Wildman–Crippen LogP) is 5.17. The topological polar surface area (TPSA) is 17.1 Å². The number of halogens is 3. The van der Waals surface area contributed by atoms with Gasteiger partial charge in [-0.05, 0) is 31.0 Å². The summed E-state index contributed by atoms with van der Waals surface area (Å²) >= 11 is 0. The van der Waals surface area contributed by atoms with Gasteiger partial charge in [0, 0.05) is 12.0 Å². The van der Waals surface area contributed by atoms with E-state index in [1.54, 1.807) is 6.92 Å². The lowest BCUT2D eigenvalue weighted by atomic mass is 9.98. The number of ketones is 1. The minimum absolute atomic E-state index is 0.0673. The van der Waals surface area contributed by atoms with Crippen molar-refractivity contribution in [2.24, 2.45) is 0 Å². The summed E-state index contributed by atoms with van der Waals surface area (Å²) in [5.74, 6) is -0.0673. The van der Waals surface area contributed by atoms with Gasteiger partial charge in [0.15, 0.2) is 5.78 Å². The van der Waals surface area contributed by atoms with E-state index in [0.717, 1.165) is 37.8 Å². The lowest BCUT2D eigenvalue weighted by Gasteiger charge is -2.10. The number of hydrogen-bond acceptors (Lipinski definition) is 1. The van der Waals surface area contributed by atoms with Crippen LogP contribution in [-0.2, 0) is 6.18 Å². The molecule has 4 heteroatoms. The molecule has 0 aliphatic carbocycles. The van der Waals surface area contributed by atoms with E-state index in [9.17, 15) is 18.0 Å². The van der Waals surface area contributed by atoms with Gasteiger partial charge < -0.3 is 0 Å². The first-order valence-corrected chi connectivity index (χ1v) is 6.57. The molecule has 1 aromatic carbocycles. The van der Waals surface area contributed by atoms with Gasteiger partial charge in [-0.25, -0.2) is 0 Å². The van der Waals surface area contributed by atoms with E-state index in [1.165, 1.54) is 6.07 Å². The summed E-state index contributed by atoms with van der Waals surface area (Å²) in [6.07, 6.45) is 0.0154. The zero-order valence-corrected chi connectivity index (χ0v) is 11.3. The van der Waals surface area contributed by atoms with Crippen molar-refractivity contribution < 1.29 is 18.0 Å². The molecule has 0 atom stereocenters. The largest absolute Gasteiger partial charge is 0.416 e. The smallest absolute Gasteiger partial charge is 0.294 e. The molecule has 0 aliphatic rings. The van der Waals surface area contributed by atoms with Crippen LogP contribution < -0.4 is 0 Å². The van der Waals surface area contributed by atoms with Gasteiger partial charge in [0.1, 0.15) is 0 Å². The molecule has 0 saturated heterocycles. The van der Waals surface area contributed by atoms with Crippen LogP contribution in [0.2, 0.25) is 0 Å². The zero-order chi connectivity index (χ0) is 14.5. The lowest BCUT2D eigenvalue weighted by molar-refractivity contribution is -0.137. The standard InChI is InChI=1S/C15H19F3O/c1-3-4-5-6-7-14(19)13-9-8-12(10-11(13)2)15(16,17)18/h8-10H,3-7H2,1-2H3. The molecule has 1 rings (SSSR count). The fourth-order valence-electron chi connectivity index (χ4n) is 2.00. The van der Waals surface area contributed by atoms with Gasteiger partial charge in [-0.1, -0.05) is 32.3 Å². The van der Waals surface area contributed by atoms with E-state index in [0.29, 0.717) is 17.5 Å². The van der Waals surface area contributed by atoms with Crippen molar-refractivity contribution >= 4 is 5.78 Å². The van der Waals surface area contributed by atoms with Crippen LogP contribution in [0, 0.1) is 6.92 Å². The highest BCUT2D eigenvalue weighted by Gasteiger charge is 2.30. The van der Waals surface area contributed by atoms with Crippen LogP contribution >= 0.6 is 0 Å². The van der Waals surface area contributed by atoms with Gasteiger partial charge >= 0.3 is 6.18 Å². The number of alkyl halides is 3. The van der Waals surface area contributed by atoms with Crippen LogP contribution in [0.25, 0.3) is 0 Å². The first-order chi connectivity index (χ1) is 8.86. The second-order valence-electron chi connectivity index (χ2n) is 4.76. The first-order valence-electron chi connectivity index (χ1n) is 6.57. The quantitative estimate of drug-likeness (QED) is 0.516. The van der Waals surface area contributed by atoms with Crippen molar-refractivity contribution in [3.63, 3.8) is 0 Å². The van der Waals surface area contributed by atoms with Crippen molar-refractivity contribution in [1.82, 2.24) is 0 Å². The molecule has 1 aromatic rings.